The molecule has 66 valence electrons. The van der Waals surface area contributed by atoms with Crippen molar-refractivity contribution in [2.75, 3.05) is 13.2 Å². The summed E-state index contributed by atoms with van der Waals surface area (Å²) in [6, 6.07) is 0. The molecule has 0 aromatic rings. The van der Waals surface area contributed by atoms with Crippen molar-refractivity contribution >= 4 is 0 Å². The number of ether oxygens (including phenoxy) is 2. The summed E-state index contributed by atoms with van der Waals surface area (Å²) in [6.07, 6.45) is 1.87. The lowest BCUT2D eigenvalue weighted by atomic mass is 10.3. The molecule has 0 rings (SSSR count). The van der Waals surface area contributed by atoms with E-state index in [0.29, 0.717) is 13.2 Å². The van der Waals surface area contributed by atoms with Gasteiger partial charge in [0, 0.05) is 13.2 Å². The maximum Gasteiger partial charge on any atom is 0.179 e. The van der Waals surface area contributed by atoms with Gasteiger partial charge in [-0.05, 0) is 33.3 Å². The molecular formula is C9H18O2. The van der Waals surface area contributed by atoms with E-state index in [1.54, 1.807) is 0 Å². The van der Waals surface area contributed by atoms with Crippen molar-refractivity contribution in [3.8, 4) is 0 Å². The molecule has 0 unspecified atom stereocenters. The predicted molar refractivity (Wildman–Crippen MR) is 46.5 cm³/mol. The van der Waals surface area contributed by atoms with E-state index in [9.17, 15) is 0 Å². The zero-order valence-electron chi connectivity index (χ0n) is 7.89. The van der Waals surface area contributed by atoms with Crippen molar-refractivity contribution in [3.05, 3.63) is 11.6 Å². The zero-order valence-corrected chi connectivity index (χ0v) is 7.89. The number of hydrogen-bond donors (Lipinski definition) is 0. The van der Waals surface area contributed by atoms with Crippen LogP contribution in [0.25, 0.3) is 0 Å². The van der Waals surface area contributed by atoms with Gasteiger partial charge in [0.15, 0.2) is 6.29 Å². The minimum Gasteiger partial charge on any atom is -0.349 e. The van der Waals surface area contributed by atoms with Crippen molar-refractivity contribution in [1.29, 1.82) is 0 Å². The predicted octanol–water partition coefficient (Wildman–Crippen LogP) is 2.35. The summed E-state index contributed by atoms with van der Waals surface area (Å²) in [5.41, 5.74) is 1.13. The first-order chi connectivity index (χ1) is 5.26. The van der Waals surface area contributed by atoms with Crippen LogP contribution in [-0.2, 0) is 9.47 Å². The van der Waals surface area contributed by atoms with Crippen LogP contribution >= 0.6 is 0 Å². The quantitative estimate of drug-likeness (QED) is 0.451. The molecule has 0 amide bonds. The molecule has 0 aromatic heterocycles. The Morgan fingerprint density at radius 1 is 1.27 bits per heavy atom. The highest BCUT2D eigenvalue weighted by molar-refractivity contribution is 4.99. The Kier molecular flexibility index (Phi) is 6.18. The molecule has 0 radical (unpaired) electrons. The molecule has 0 aromatic carbocycles. The highest BCUT2D eigenvalue weighted by atomic mass is 16.7. The second-order valence-corrected chi connectivity index (χ2v) is 2.28. The van der Waals surface area contributed by atoms with E-state index in [1.165, 1.54) is 0 Å². The van der Waals surface area contributed by atoms with Gasteiger partial charge in [0.25, 0.3) is 0 Å². The summed E-state index contributed by atoms with van der Waals surface area (Å²) in [5, 5.41) is 0. The molecule has 2 heteroatoms. The molecule has 0 N–H and O–H groups in total. The SMILES string of the molecule is CC=C(C)C(OCC)OCC. The Morgan fingerprint density at radius 2 is 1.73 bits per heavy atom. The van der Waals surface area contributed by atoms with E-state index in [4.69, 9.17) is 9.47 Å². The van der Waals surface area contributed by atoms with Crippen LogP contribution in [0.4, 0.5) is 0 Å². The Labute approximate surface area is 69.2 Å². The lowest BCUT2D eigenvalue weighted by Gasteiger charge is -2.16. The van der Waals surface area contributed by atoms with Gasteiger partial charge in [0.1, 0.15) is 0 Å². The minimum atomic E-state index is -0.144. The van der Waals surface area contributed by atoms with Gasteiger partial charge in [-0.2, -0.15) is 0 Å². The highest BCUT2D eigenvalue weighted by Gasteiger charge is 2.07. The fourth-order valence-corrected chi connectivity index (χ4v) is 0.750. The van der Waals surface area contributed by atoms with Gasteiger partial charge >= 0.3 is 0 Å². The van der Waals surface area contributed by atoms with Crippen LogP contribution in [0, 0.1) is 0 Å². The van der Waals surface area contributed by atoms with Crippen LogP contribution in [0.2, 0.25) is 0 Å². The maximum absolute atomic E-state index is 5.34. The largest absolute Gasteiger partial charge is 0.349 e. The Hall–Kier alpha value is -0.340. The van der Waals surface area contributed by atoms with E-state index in [0.717, 1.165) is 5.57 Å². The molecular weight excluding hydrogens is 140 g/mol. The van der Waals surface area contributed by atoms with E-state index in [2.05, 4.69) is 0 Å². The second kappa shape index (κ2) is 6.38. The van der Waals surface area contributed by atoms with E-state index >= 15 is 0 Å². The number of rotatable bonds is 5. The third kappa shape index (κ3) is 4.17. The summed E-state index contributed by atoms with van der Waals surface area (Å²) in [4.78, 5) is 0. The van der Waals surface area contributed by atoms with Gasteiger partial charge in [-0.3, -0.25) is 0 Å². The lowest BCUT2D eigenvalue weighted by Crippen LogP contribution is -2.18. The smallest absolute Gasteiger partial charge is 0.179 e. The third-order valence-electron chi connectivity index (χ3n) is 1.46. The monoisotopic (exact) mass is 158 g/mol. The van der Waals surface area contributed by atoms with Crippen molar-refractivity contribution in [2.45, 2.75) is 34.0 Å². The van der Waals surface area contributed by atoms with Gasteiger partial charge in [0.2, 0.25) is 0 Å². The molecule has 0 fully saturated rings. The summed E-state index contributed by atoms with van der Waals surface area (Å²) in [6.45, 7) is 9.31. The highest BCUT2D eigenvalue weighted by Crippen LogP contribution is 2.07. The Morgan fingerprint density at radius 3 is 2.00 bits per heavy atom. The molecule has 2 nitrogen and oxygen atoms in total. The first-order valence-electron chi connectivity index (χ1n) is 4.12. The van der Waals surface area contributed by atoms with Crippen molar-refractivity contribution in [3.63, 3.8) is 0 Å². The molecule has 0 saturated heterocycles. The summed E-state index contributed by atoms with van der Waals surface area (Å²) in [7, 11) is 0. The third-order valence-corrected chi connectivity index (χ3v) is 1.46. The van der Waals surface area contributed by atoms with E-state index < -0.39 is 0 Å². The van der Waals surface area contributed by atoms with Crippen molar-refractivity contribution in [2.24, 2.45) is 0 Å². The van der Waals surface area contributed by atoms with Crippen LogP contribution in [0.3, 0.4) is 0 Å². The van der Waals surface area contributed by atoms with Crippen molar-refractivity contribution < 1.29 is 9.47 Å². The minimum absolute atomic E-state index is 0.144. The lowest BCUT2D eigenvalue weighted by molar-refractivity contribution is -0.111. The van der Waals surface area contributed by atoms with Gasteiger partial charge in [-0.1, -0.05) is 6.08 Å². The second-order valence-electron chi connectivity index (χ2n) is 2.28. The van der Waals surface area contributed by atoms with Crippen LogP contribution in [0.1, 0.15) is 27.7 Å². The average molecular weight is 158 g/mol. The molecule has 0 aliphatic carbocycles. The summed E-state index contributed by atoms with van der Waals surface area (Å²) < 4.78 is 10.7. The van der Waals surface area contributed by atoms with Crippen LogP contribution in [0.15, 0.2) is 11.6 Å². The maximum atomic E-state index is 5.34. The Balaban J connectivity index is 3.87. The molecule has 0 atom stereocenters. The van der Waals surface area contributed by atoms with Crippen molar-refractivity contribution in [1.82, 2.24) is 0 Å². The number of allylic oxidation sites excluding steroid dienone is 1. The van der Waals surface area contributed by atoms with E-state index in [1.807, 2.05) is 33.8 Å². The van der Waals surface area contributed by atoms with Gasteiger partial charge in [-0.25, -0.2) is 0 Å². The van der Waals surface area contributed by atoms with Gasteiger partial charge in [-0.15, -0.1) is 0 Å². The standard InChI is InChI=1S/C9H18O2/c1-5-8(4)9(10-6-2)11-7-3/h5,9H,6-7H2,1-4H3. The van der Waals surface area contributed by atoms with Gasteiger partial charge < -0.3 is 9.47 Å². The van der Waals surface area contributed by atoms with Gasteiger partial charge in [0.05, 0.1) is 0 Å². The van der Waals surface area contributed by atoms with Crippen LogP contribution in [0.5, 0.6) is 0 Å². The molecule has 0 heterocycles. The first kappa shape index (κ1) is 10.7. The molecule has 11 heavy (non-hydrogen) atoms. The normalized spacial score (nSPS) is 12.6. The van der Waals surface area contributed by atoms with Crippen LogP contribution < -0.4 is 0 Å². The summed E-state index contributed by atoms with van der Waals surface area (Å²) in [5.74, 6) is 0. The topological polar surface area (TPSA) is 18.5 Å². The molecule has 0 spiro atoms. The average Bonchev–Trinajstić information content (AvgIpc) is 2.03. The van der Waals surface area contributed by atoms with Crippen LogP contribution in [-0.4, -0.2) is 19.5 Å². The molecule has 0 bridgehead atoms. The summed E-state index contributed by atoms with van der Waals surface area (Å²) >= 11 is 0. The zero-order chi connectivity index (χ0) is 8.69. The Bertz CT molecular complexity index is 113. The molecule has 0 aliphatic rings. The molecule has 0 saturated carbocycles. The fourth-order valence-electron chi connectivity index (χ4n) is 0.750. The van der Waals surface area contributed by atoms with E-state index in [-0.39, 0.29) is 6.29 Å². The fraction of sp³-hybridized carbons (Fsp3) is 0.778. The first-order valence-corrected chi connectivity index (χ1v) is 4.12. The molecule has 0 aliphatic heterocycles. The number of hydrogen-bond acceptors (Lipinski definition) is 2.